The lowest BCUT2D eigenvalue weighted by atomic mass is 9.89. The van der Waals surface area contributed by atoms with Crippen LogP contribution in [0, 0.1) is 0 Å². The molecule has 3 aromatic rings. The van der Waals surface area contributed by atoms with Crippen LogP contribution in [0.2, 0.25) is 0 Å². The number of benzene rings is 2. The van der Waals surface area contributed by atoms with Crippen LogP contribution >= 0.6 is 0 Å². The number of para-hydroxylation sites is 1. The average molecular weight is 433 g/mol. The highest BCUT2D eigenvalue weighted by Gasteiger charge is 2.32. The van der Waals surface area contributed by atoms with Crippen LogP contribution in [0.15, 0.2) is 47.3 Å². The fraction of sp³-hybridized carbons (Fsp3) is 0.481. The van der Waals surface area contributed by atoms with E-state index in [2.05, 4.69) is 42.8 Å². The number of nitrogens with one attached hydrogen (secondary N) is 1. The number of aromatic amines is 1. The van der Waals surface area contributed by atoms with Crippen molar-refractivity contribution in [2.45, 2.75) is 84.0 Å². The zero-order valence-electron chi connectivity index (χ0n) is 19.6. The van der Waals surface area contributed by atoms with Crippen molar-refractivity contribution in [3.8, 4) is 11.3 Å². The molecule has 0 amide bonds. The van der Waals surface area contributed by atoms with Crippen LogP contribution in [0.25, 0.3) is 22.3 Å². The number of unbranched alkanes of at least 4 members (excludes halogenated alkanes) is 1. The summed E-state index contributed by atoms with van der Waals surface area (Å²) in [6, 6.07) is 15.4. The molecule has 3 N–H and O–H groups in total. The molecule has 2 heterocycles. The largest absolute Gasteiger partial charge is 0.326 e. The predicted molar refractivity (Wildman–Crippen MR) is 133 cm³/mol. The van der Waals surface area contributed by atoms with Gasteiger partial charge in [0.25, 0.3) is 5.56 Å². The lowest BCUT2D eigenvalue weighted by Crippen LogP contribution is -2.46. The lowest BCUT2D eigenvalue weighted by molar-refractivity contribution is 0.0495. The van der Waals surface area contributed by atoms with Gasteiger partial charge in [-0.3, -0.25) is 9.69 Å². The van der Waals surface area contributed by atoms with Gasteiger partial charge in [-0.2, -0.15) is 0 Å². The Hall–Kier alpha value is -2.50. The molecule has 1 fully saturated rings. The van der Waals surface area contributed by atoms with Crippen molar-refractivity contribution in [1.82, 2.24) is 14.9 Å². The van der Waals surface area contributed by atoms with Crippen LogP contribution in [0.5, 0.6) is 0 Å². The molecule has 0 bridgehead atoms. The zero-order valence-corrected chi connectivity index (χ0v) is 19.6. The number of nitrogens with zero attached hydrogens (tertiary/aromatic N) is 2. The van der Waals surface area contributed by atoms with Gasteiger partial charge in [0, 0.05) is 30.2 Å². The molecule has 3 unspecified atom stereocenters. The molecule has 0 saturated carbocycles. The van der Waals surface area contributed by atoms with Gasteiger partial charge in [0.15, 0.2) is 0 Å². The molecule has 1 aliphatic heterocycles. The third-order valence-corrected chi connectivity index (χ3v) is 7.00. The van der Waals surface area contributed by atoms with Gasteiger partial charge in [-0.25, -0.2) is 4.98 Å². The third kappa shape index (κ3) is 4.50. The third-order valence-electron chi connectivity index (χ3n) is 7.00. The molecule has 1 aromatic heterocycles. The maximum atomic E-state index is 12.9. The number of H-pyrrole nitrogens is 1. The van der Waals surface area contributed by atoms with Gasteiger partial charge in [-0.1, -0.05) is 56.5 Å². The Morgan fingerprint density at radius 2 is 1.91 bits per heavy atom. The summed E-state index contributed by atoms with van der Waals surface area (Å²) in [6.07, 6.45) is 7.20. The van der Waals surface area contributed by atoms with Gasteiger partial charge in [-0.15, -0.1) is 0 Å². The van der Waals surface area contributed by atoms with Crippen molar-refractivity contribution in [2.75, 3.05) is 0 Å². The Morgan fingerprint density at radius 1 is 1.16 bits per heavy atom. The van der Waals surface area contributed by atoms with Crippen LogP contribution in [-0.4, -0.2) is 27.0 Å². The molecule has 0 radical (unpaired) electrons. The van der Waals surface area contributed by atoms with Gasteiger partial charge in [0.2, 0.25) is 0 Å². The van der Waals surface area contributed by atoms with Crippen molar-refractivity contribution >= 4 is 11.0 Å². The number of hydrogen-bond acceptors (Lipinski definition) is 4. The molecule has 5 heteroatoms. The summed E-state index contributed by atoms with van der Waals surface area (Å²) in [5, 5.41) is 0. The standard InChI is InChI=1S/C27H36N4O/c1-4-5-15-24(31-18(2)9-6-10-19(31)3)22-13-8-14-23-26(22)30-25(27(32)29-23)21-12-7-11-20(16-21)17-28/h7-8,11-14,16,18-19,24H,4-6,9-10,15,17,28H2,1-3H3,(H,29,32). The number of nitrogens with two attached hydrogens (primary N) is 1. The molecular formula is C27H36N4O. The molecular weight excluding hydrogens is 396 g/mol. The van der Waals surface area contributed by atoms with Crippen LogP contribution in [0.1, 0.15) is 76.5 Å². The molecule has 32 heavy (non-hydrogen) atoms. The molecule has 3 atom stereocenters. The fourth-order valence-corrected chi connectivity index (χ4v) is 5.36. The minimum absolute atomic E-state index is 0.159. The first-order valence-electron chi connectivity index (χ1n) is 12.1. The van der Waals surface area contributed by atoms with Gasteiger partial charge >= 0.3 is 0 Å². The summed E-state index contributed by atoms with van der Waals surface area (Å²) < 4.78 is 0. The molecule has 0 aliphatic carbocycles. The second-order valence-corrected chi connectivity index (χ2v) is 9.30. The van der Waals surface area contributed by atoms with E-state index < -0.39 is 0 Å². The van der Waals surface area contributed by atoms with E-state index in [9.17, 15) is 4.79 Å². The minimum atomic E-state index is -0.159. The highest BCUT2D eigenvalue weighted by atomic mass is 16.1. The maximum Gasteiger partial charge on any atom is 0.274 e. The molecule has 5 nitrogen and oxygen atoms in total. The minimum Gasteiger partial charge on any atom is -0.326 e. The Bertz CT molecular complexity index is 1110. The molecule has 170 valence electrons. The second kappa shape index (κ2) is 9.97. The Balaban J connectivity index is 1.87. The van der Waals surface area contributed by atoms with Crippen LogP contribution < -0.4 is 11.3 Å². The van der Waals surface area contributed by atoms with Gasteiger partial charge in [-0.05, 0) is 56.4 Å². The lowest BCUT2D eigenvalue weighted by Gasteiger charge is -2.44. The predicted octanol–water partition coefficient (Wildman–Crippen LogP) is 5.54. The molecule has 1 saturated heterocycles. The van der Waals surface area contributed by atoms with Gasteiger partial charge < -0.3 is 10.7 Å². The number of rotatable bonds is 7. The smallest absolute Gasteiger partial charge is 0.274 e. The van der Waals surface area contributed by atoms with E-state index in [0.717, 1.165) is 28.6 Å². The summed E-state index contributed by atoms with van der Waals surface area (Å²) in [7, 11) is 0. The number of fused-ring (bicyclic) bond motifs is 1. The Kier molecular flexibility index (Phi) is 7.07. The zero-order chi connectivity index (χ0) is 22.7. The summed E-state index contributed by atoms with van der Waals surface area (Å²) >= 11 is 0. The number of piperidine rings is 1. The van der Waals surface area contributed by atoms with Crippen molar-refractivity contribution in [2.24, 2.45) is 5.73 Å². The van der Waals surface area contributed by atoms with E-state index in [0.29, 0.717) is 30.4 Å². The van der Waals surface area contributed by atoms with Crippen LogP contribution in [0.3, 0.4) is 0 Å². The normalized spacial score (nSPS) is 20.5. The molecule has 2 aromatic carbocycles. The average Bonchev–Trinajstić information content (AvgIpc) is 2.80. The second-order valence-electron chi connectivity index (χ2n) is 9.30. The quantitative estimate of drug-likeness (QED) is 0.514. The highest BCUT2D eigenvalue weighted by Crippen LogP contribution is 2.37. The Labute approximate surface area is 191 Å². The molecule has 1 aliphatic rings. The SMILES string of the molecule is CCCCC(c1cccc2[nH]c(=O)c(-c3cccc(CN)c3)nc12)N1C(C)CCCC1C. The van der Waals surface area contributed by atoms with E-state index in [4.69, 9.17) is 10.7 Å². The van der Waals surface area contributed by atoms with Crippen molar-refractivity contribution < 1.29 is 0 Å². The maximum absolute atomic E-state index is 12.9. The van der Waals surface area contributed by atoms with Crippen molar-refractivity contribution in [1.29, 1.82) is 0 Å². The molecule has 4 rings (SSSR count). The van der Waals surface area contributed by atoms with E-state index >= 15 is 0 Å². The van der Waals surface area contributed by atoms with Crippen molar-refractivity contribution in [3.05, 3.63) is 63.9 Å². The van der Waals surface area contributed by atoms with Crippen LogP contribution in [-0.2, 0) is 6.54 Å². The van der Waals surface area contributed by atoms with Gasteiger partial charge in [0.1, 0.15) is 5.69 Å². The topological polar surface area (TPSA) is 75.0 Å². The summed E-state index contributed by atoms with van der Waals surface area (Å²) in [6.45, 7) is 7.41. The number of likely N-dealkylation sites (tertiary alicyclic amines) is 1. The summed E-state index contributed by atoms with van der Waals surface area (Å²) in [5.74, 6) is 0. The summed E-state index contributed by atoms with van der Waals surface area (Å²) in [4.78, 5) is 23.7. The fourth-order valence-electron chi connectivity index (χ4n) is 5.36. The van der Waals surface area contributed by atoms with E-state index in [1.54, 1.807) is 0 Å². The van der Waals surface area contributed by atoms with Crippen LogP contribution in [0.4, 0.5) is 0 Å². The van der Waals surface area contributed by atoms with E-state index in [1.807, 2.05) is 30.3 Å². The highest BCUT2D eigenvalue weighted by molar-refractivity contribution is 5.81. The van der Waals surface area contributed by atoms with E-state index in [-0.39, 0.29) is 5.56 Å². The first-order valence-corrected chi connectivity index (χ1v) is 12.1. The van der Waals surface area contributed by atoms with E-state index in [1.165, 1.54) is 37.7 Å². The number of aromatic nitrogens is 2. The number of hydrogen-bond donors (Lipinski definition) is 2. The summed E-state index contributed by atoms with van der Waals surface area (Å²) in [5.41, 5.74) is 10.9. The first-order chi connectivity index (χ1) is 15.5. The molecule has 0 spiro atoms. The Morgan fingerprint density at radius 3 is 2.62 bits per heavy atom. The van der Waals surface area contributed by atoms with Crippen molar-refractivity contribution in [3.63, 3.8) is 0 Å². The monoisotopic (exact) mass is 432 g/mol. The first kappa shape index (κ1) is 22.7. The van der Waals surface area contributed by atoms with Gasteiger partial charge in [0.05, 0.1) is 11.0 Å².